The fourth-order valence-corrected chi connectivity index (χ4v) is 2.39. The molecule has 1 heterocycles. The predicted molar refractivity (Wildman–Crippen MR) is 68.9 cm³/mol. The molecule has 0 spiro atoms. The van der Waals surface area contributed by atoms with Gasteiger partial charge in [0.25, 0.3) is 0 Å². The molecule has 2 rings (SSSR count). The lowest BCUT2D eigenvalue weighted by Crippen LogP contribution is -2.11. The number of hydrogen-bond acceptors (Lipinski definition) is 2. The van der Waals surface area contributed by atoms with E-state index in [1.807, 2.05) is 0 Å². The molecule has 0 radical (unpaired) electrons. The summed E-state index contributed by atoms with van der Waals surface area (Å²) in [4.78, 5) is 0. The molecule has 1 atom stereocenters. The second-order valence-electron chi connectivity index (χ2n) is 5.20. The number of aliphatic hydroxyl groups excluding tert-OH is 1. The number of hydrogen-bond donors (Lipinski definition) is 1. The Morgan fingerprint density at radius 3 is 2.71 bits per heavy atom. The minimum absolute atomic E-state index is 0.103. The van der Waals surface area contributed by atoms with Crippen molar-refractivity contribution in [1.82, 2.24) is 9.78 Å². The quantitative estimate of drug-likeness (QED) is 0.790. The lowest BCUT2D eigenvalue weighted by Gasteiger charge is -2.12. The molecule has 3 heteroatoms. The van der Waals surface area contributed by atoms with Gasteiger partial charge in [0.1, 0.15) is 0 Å². The van der Waals surface area contributed by atoms with Crippen molar-refractivity contribution in [2.75, 3.05) is 0 Å². The number of aliphatic hydroxyl groups is 1. The molecule has 1 aromatic rings. The average Bonchev–Trinajstić information content (AvgIpc) is 3.09. The van der Waals surface area contributed by atoms with Gasteiger partial charge < -0.3 is 5.11 Å². The van der Waals surface area contributed by atoms with Crippen molar-refractivity contribution in [2.45, 2.75) is 64.5 Å². The van der Waals surface area contributed by atoms with E-state index in [0.717, 1.165) is 31.4 Å². The lowest BCUT2D eigenvalue weighted by molar-refractivity contribution is 0.141. The van der Waals surface area contributed by atoms with Crippen LogP contribution < -0.4 is 0 Å². The third kappa shape index (κ3) is 3.32. The van der Waals surface area contributed by atoms with Gasteiger partial charge in [-0.3, -0.25) is 4.68 Å². The van der Waals surface area contributed by atoms with Crippen LogP contribution in [0.1, 0.15) is 57.7 Å². The zero-order valence-corrected chi connectivity index (χ0v) is 11.0. The van der Waals surface area contributed by atoms with Crippen molar-refractivity contribution >= 4 is 0 Å². The van der Waals surface area contributed by atoms with Crippen LogP contribution in [0.3, 0.4) is 0 Å². The van der Waals surface area contributed by atoms with Gasteiger partial charge in [0.15, 0.2) is 0 Å². The van der Waals surface area contributed by atoms with E-state index in [1.165, 1.54) is 12.8 Å². The Morgan fingerprint density at radius 1 is 1.41 bits per heavy atom. The van der Waals surface area contributed by atoms with Gasteiger partial charge in [0, 0.05) is 6.20 Å². The summed E-state index contributed by atoms with van der Waals surface area (Å²) in [5, 5.41) is 14.4. The van der Waals surface area contributed by atoms with Crippen molar-refractivity contribution in [2.24, 2.45) is 5.92 Å². The SMILES string of the molecule is CCC(CC)n1ccc(CCC(O)C2CC2)n1. The molecule has 3 nitrogen and oxygen atoms in total. The van der Waals surface area contributed by atoms with Crippen LogP contribution in [0.2, 0.25) is 0 Å². The molecule has 1 aromatic heterocycles. The van der Waals surface area contributed by atoms with E-state index in [-0.39, 0.29) is 6.10 Å². The normalized spacial score (nSPS) is 17.6. The van der Waals surface area contributed by atoms with E-state index in [9.17, 15) is 5.11 Å². The molecule has 1 unspecified atom stereocenters. The molecular formula is C14H24N2O. The van der Waals surface area contributed by atoms with Crippen LogP contribution in [0, 0.1) is 5.92 Å². The first kappa shape index (κ1) is 12.6. The minimum atomic E-state index is -0.103. The Morgan fingerprint density at radius 2 is 2.12 bits per heavy atom. The van der Waals surface area contributed by atoms with Crippen LogP contribution in [0.15, 0.2) is 12.3 Å². The highest BCUT2D eigenvalue weighted by atomic mass is 16.3. The predicted octanol–water partition coefficient (Wildman–Crippen LogP) is 2.95. The summed E-state index contributed by atoms with van der Waals surface area (Å²) >= 11 is 0. The highest BCUT2D eigenvalue weighted by Gasteiger charge is 2.29. The number of nitrogens with zero attached hydrogens (tertiary/aromatic N) is 2. The van der Waals surface area contributed by atoms with Crippen molar-refractivity contribution < 1.29 is 5.11 Å². The summed E-state index contributed by atoms with van der Waals surface area (Å²) in [6.07, 6.45) is 8.43. The maximum absolute atomic E-state index is 9.82. The first-order chi connectivity index (χ1) is 8.24. The third-order valence-corrected chi connectivity index (χ3v) is 3.84. The van der Waals surface area contributed by atoms with Crippen molar-refractivity contribution in [3.8, 4) is 0 Å². The van der Waals surface area contributed by atoms with Gasteiger partial charge in [-0.05, 0) is 50.5 Å². The third-order valence-electron chi connectivity index (χ3n) is 3.84. The Balaban J connectivity index is 1.84. The zero-order valence-electron chi connectivity index (χ0n) is 11.0. The topological polar surface area (TPSA) is 38.0 Å². The van der Waals surface area contributed by atoms with Crippen LogP contribution in [0.4, 0.5) is 0 Å². The van der Waals surface area contributed by atoms with Gasteiger partial charge in [-0.1, -0.05) is 13.8 Å². The summed E-state index contributed by atoms with van der Waals surface area (Å²) in [7, 11) is 0. The van der Waals surface area contributed by atoms with E-state index in [4.69, 9.17) is 0 Å². The summed E-state index contributed by atoms with van der Waals surface area (Å²) in [5.41, 5.74) is 1.12. The Kier molecular flexibility index (Phi) is 4.21. The molecule has 0 aromatic carbocycles. The summed E-state index contributed by atoms with van der Waals surface area (Å²) < 4.78 is 2.08. The first-order valence-electron chi connectivity index (χ1n) is 6.96. The Bertz CT molecular complexity index is 340. The van der Waals surface area contributed by atoms with E-state index < -0.39 is 0 Å². The number of aromatic nitrogens is 2. The molecule has 1 saturated carbocycles. The molecule has 1 fully saturated rings. The van der Waals surface area contributed by atoms with Crippen LogP contribution in [-0.2, 0) is 6.42 Å². The summed E-state index contributed by atoms with van der Waals surface area (Å²) in [6.45, 7) is 4.40. The Labute approximate surface area is 104 Å². The monoisotopic (exact) mass is 236 g/mol. The molecule has 0 aliphatic heterocycles. The smallest absolute Gasteiger partial charge is 0.0625 e. The number of rotatable bonds is 7. The first-order valence-corrected chi connectivity index (χ1v) is 6.96. The van der Waals surface area contributed by atoms with Crippen molar-refractivity contribution in [3.05, 3.63) is 18.0 Å². The zero-order chi connectivity index (χ0) is 12.3. The van der Waals surface area contributed by atoms with Gasteiger partial charge in [-0.2, -0.15) is 5.10 Å². The maximum Gasteiger partial charge on any atom is 0.0625 e. The standard InChI is InChI=1S/C14H24N2O/c1-3-13(4-2)16-10-9-12(15-16)7-8-14(17)11-5-6-11/h9-11,13-14,17H,3-8H2,1-2H3. The highest BCUT2D eigenvalue weighted by Crippen LogP contribution is 2.34. The summed E-state index contributed by atoms with van der Waals surface area (Å²) in [5.74, 6) is 0.580. The van der Waals surface area contributed by atoms with Gasteiger partial charge in [-0.25, -0.2) is 0 Å². The average molecular weight is 236 g/mol. The summed E-state index contributed by atoms with van der Waals surface area (Å²) in [6, 6.07) is 2.62. The van der Waals surface area contributed by atoms with Crippen LogP contribution in [0.5, 0.6) is 0 Å². The molecule has 1 aliphatic carbocycles. The largest absolute Gasteiger partial charge is 0.393 e. The minimum Gasteiger partial charge on any atom is -0.393 e. The van der Waals surface area contributed by atoms with E-state index >= 15 is 0 Å². The molecular weight excluding hydrogens is 212 g/mol. The van der Waals surface area contributed by atoms with Gasteiger partial charge >= 0.3 is 0 Å². The Hall–Kier alpha value is -0.830. The molecule has 1 aliphatic rings. The van der Waals surface area contributed by atoms with Crippen LogP contribution in [-0.4, -0.2) is 21.0 Å². The van der Waals surface area contributed by atoms with Gasteiger partial charge in [0.2, 0.25) is 0 Å². The molecule has 96 valence electrons. The van der Waals surface area contributed by atoms with Gasteiger partial charge in [-0.15, -0.1) is 0 Å². The van der Waals surface area contributed by atoms with E-state index in [2.05, 4.69) is 35.9 Å². The van der Waals surface area contributed by atoms with Crippen molar-refractivity contribution in [1.29, 1.82) is 0 Å². The van der Waals surface area contributed by atoms with Gasteiger partial charge in [0.05, 0.1) is 17.8 Å². The molecule has 0 bridgehead atoms. The van der Waals surface area contributed by atoms with Crippen LogP contribution in [0.25, 0.3) is 0 Å². The molecule has 0 saturated heterocycles. The van der Waals surface area contributed by atoms with Crippen LogP contribution >= 0.6 is 0 Å². The molecule has 0 amide bonds. The maximum atomic E-state index is 9.82. The second-order valence-corrected chi connectivity index (χ2v) is 5.20. The number of aryl methyl sites for hydroxylation is 1. The van der Waals surface area contributed by atoms with E-state index in [0.29, 0.717) is 12.0 Å². The fourth-order valence-electron chi connectivity index (χ4n) is 2.39. The lowest BCUT2D eigenvalue weighted by atomic mass is 10.1. The highest BCUT2D eigenvalue weighted by molar-refractivity contribution is 5.00. The second kappa shape index (κ2) is 5.67. The van der Waals surface area contributed by atoms with Crippen molar-refractivity contribution in [3.63, 3.8) is 0 Å². The molecule has 1 N–H and O–H groups in total. The fraction of sp³-hybridized carbons (Fsp3) is 0.786. The molecule has 17 heavy (non-hydrogen) atoms. The van der Waals surface area contributed by atoms with E-state index in [1.54, 1.807) is 0 Å².